The SMILES string of the molecule is N#Cc1ccccc1CS(=O)(=O)NC(=O)Cc1cccc(C(F)F)c1. The Morgan fingerprint density at radius 2 is 1.88 bits per heavy atom. The van der Waals surface area contributed by atoms with Crippen molar-refractivity contribution in [2.75, 3.05) is 0 Å². The van der Waals surface area contributed by atoms with E-state index in [2.05, 4.69) is 0 Å². The first-order valence-corrected chi connectivity index (χ1v) is 8.84. The highest BCUT2D eigenvalue weighted by Gasteiger charge is 2.18. The summed E-state index contributed by atoms with van der Waals surface area (Å²) in [6.45, 7) is 0. The van der Waals surface area contributed by atoms with Crippen LogP contribution in [0, 0.1) is 11.3 Å². The van der Waals surface area contributed by atoms with Crippen LogP contribution in [0.2, 0.25) is 0 Å². The number of nitrogens with one attached hydrogen (secondary N) is 1. The predicted octanol–water partition coefficient (Wildman–Crippen LogP) is 2.68. The molecule has 1 N–H and O–H groups in total. The van der Waals surface area contributed by atoms with Crippen molar-refractivity contribution in [2.24, 2.45) is 0 Å². The number of halogens is 2. The van der Waals surface area contributed by atoms with Crippen molar-refractivity contribution in [3.63, 3.8) is 0 Å². The van der Waals surface area contributed by atoms with Gasteiger partial charge in [0.05, 0.1) is 23.8 Å². The van der Waals surface area contributed by atoms with Crippen molar-refractivity contribution in [2.45, 2.75) is 18.6 Å². The van der Waals surface area contributed by atoms with Crippen LogP contribution in [0.5, 0.6) is 0 Å². The quantitative estimate of drug-likeness (QED) is 0.854. The molecule has 0 aromatic heterocycles. The smallest absolute Gasteiger partial charge is 0.263 e. The maximum atomic E-state index is 12.6. The van der Waals surface area contributed by atoms with Gasteiger partial charge in [0, 0.05) is 5.56 Å². The summed E-state index contributed by atoms with van der Waals surface area (Å²) in [5.41, 5.74) is 0.508. The number of benzene rings is 2. The molecule has 0 bridgehead atoms. The van der Waals surface area contributed by atoms with Crippen LogP contribution in [-0.2, 0) is 27.0 Å². The first kappa shape index (κ1) is 18.5. The Labute approximate surface area is 144 Å². The lowest BCUT2D eigenvalue weighted by Gasteiger charge is -2.09. The summed E-state index contributed by atoms with van der Waals surface area (Å²) < 4.78 is 51.3. The summed E-state index contributed by atoms with van der Waals surface area (Å²) in [7, 11) is -4.01. The first-order valence-electron chi connectivity index (χ1n) is 7.19. The molecule has 0 unspecified atom stereocenters. The van der Waals surface area contributed by atoms with Gasteiger partial charge in [-0.15, -0.1) is 0 Å². The lowest BCUT2D eigenvalue weighted by atomic mass is 10.1. The van der Waals surface area contributed by atoms with Crippen LogP contribution < -0.4 is 4.72 Å². The molecule has 0 aliphatic rings. The van der Waals surface area contributed by atoms with E-state index in [1.807, 2.05) is 10.8 Å². The molecule has 0 aliphatic carbocycles. The van der Waals surface area contributed by atoms with Crippen molar-refractivity contribution in [1.29, 1.82) is 5.26 Å². The molecule has 2 rings (SSSR count). The van der Waals surface area contributed by atoms with Crippen molar-refractivity contribution in [3.05, 3.63) is 70.8 Å². The Morgan fingerprint density at radius 1 is 1.16 bits per heavy atom. The van der Waals surface area contributed by atoms with E-state index < -0.39 is 28.1 Å². The molecule has 0 radical (unpaired) electrons. The fourth-order valence-corrected chi connectivity index (χ4v) is 3.38. The normalized spacial score (nSPS) is 11.1. The summed E-state index contributed by atoms with van der Waals surface area (Å²) in [5.74, 6) is -1.36. The third-order valence-corrected chi connectivity index (χ3v) is 4.55. The molecule has 0 spiro atoms. The number of nitriles is 1. The van der Waals surface area contributed by atoms with Crippen LogP contribution in [0.25, 0.3) is 0 Å². The van der Waals surface area contributed by atoms with Crippen LogP contribution in [0.4, 0.5) is 8.78 Å². The number of sulfonamides is 1. The molecule has 2 aromatic carbocycles. The monoisotopic (exact) mass is 364 g/mol. The van der Waals surface area contributed by atoms with Crippen molar-refractivity contribution >= 4 is 15.9 Å². The lowest BCUT2D eigenvalue weighted by Crippen LogP contribution is -2.33. The largest absolute Gasteiger partial charge is 0.274 e. The number of alkyl halides is 2. The molecule has 5 nitrogen and oxygen atoms in total. The van der Waals surface area contributed by atoms with Gasteiger partial charge < -0.3 is 0 Å². The fourth-order valence-electron chi connectivity index (χ4n) is 2.23. The van der Waals surface area contributed by atoms with Gasteiger partial charge in [0.15, 0.2) is 0 Å². The Bertz CT molecular complexity index is 921. The molecule has 130 valence electrons. The standard InChI is InChI=1S/C17H14F2N2O3S/c18-17(19)13-7-3-4-12(8-13)9-16(22)21-25(23,24)11-15-6-2-1-5-14(15)10-20/h1-8,17H,9,11H2,(H,21,22). The second kappa shape index (κ2) is 7.85. The molecule has 0 fully saturated rings. The minimum absolute atomic E-state index is 0.199. The van der Waals surface area contributed by atoms with Gasteiger partial charge in [-0.2, -0.15) is 5.26 Å². The summed E-state index contributed by atoms with van der Waals surface area (Å²) in [5, 5.41) is 8.97. The highest BCUT2D eigenvalue weighted by atomic mass is 32.2. The van der Waals surface area contributed by atoms with Gasteiger partial charge in [-0.3, -0.25) is 9.52 Å². The van der Waals surface area contributed by atoms with E-state index in [1.165, 1.54) is 30.3 Å². The molecule has 25 heavy (non-hydrogen) atoms. The van der Waals surface area contributed by atoms with Gasteiger partial charge in [-0.25, -0.2) is 17.2 Å². The maximum absolute atomic E-state index is 12.6. The number of carbonyl (C=O) groups excluding carboxylic acids is 1. The Balaban J connectivity index is 2.06. The van der Waals surface area contributed by atoms with Crippen LogP contribution in [-0.4, -0.2) is 14.3 Å². The van der Waals surface area contributed by atoms with Crippen LogP contribution in [0.3, 0.4) is 0 Å². The highest BCUT2D eigenvalue weighted by Crippen LogP contribution is 2.19. The summed E-state index contributed by atoms with van der Waals surface area (Å²) in [6, 6.07) is 13.2. The molecule has 0 saturated heterocycles. The molecule has 0 atom stereocenters. The maximum Gasteiger partial charge on any atom is 0.263 e. The minimum atomic E-state index is -4.01. The molecule has 0 saturated carbocycles. The van der Waals surface area contributed by atoms with Gasteiger partial charge in [-0.1, -0.05) is 36.4 Å². The predicted molar refractivity (Wildman–Crippen MR) is 87.0 cm³/mol. The number of hydrogen-bond acceptors (Lipinski definition) is 4. The number of carbonyl (C=O) groups is 1. The molecule has 2 aromatic rings. The van der Waals surface area contributed by atoms with Gasteiger partial charge >= 0.3 is 0 Å². The van der Waals surface area contributed by atoms with Gasteiger partial charge in [0.2, 0.25) is 15.9 Å². The number of rotatable bonds is 6. The fraction of sp³-hybridized carbons (Fsp3) is 0.176. The van der Waals surface area contributed by atoms with E-state index in [9.17, 15) is 22.0 Å². The Kier molecular flexibility index (Phi) is 5.83. The second-order valence-electron chi connectivity index (χ2n) is 5.28. The van der Waals surface area contributed by atoms with Crippen LogP contribution in [0.15, 0.2) is 48.5 Å². The zero-order valence-electron chi connectivity index (χ0n) is 12.9. The van der Waals surface area contributed by atoms with E-state index in [0.29, 0.717) is 0 Å². The van der Waals surface area contributed by atoms with Gasteiger partial charge in [0.25, 0.3) is 6.43 Å². The average molecular weight is 364 g/mol. The van der Waals surface area contributed by atoms with E-state index in [0.717, 1.165) is 6.07 Å². The minimum Gasteiger partial charge on any atom is -0.274 e. The van der Waals surface area contributed by atoms with Gasteiger partial charge in [-0.05, 0) is 23.3 Å². The lowest BCUT2D eigenvalue weighted by molar-refractivity contribution is -0.118. The highest BCUT2D eigenvalue weighted by molar-refractivity contribution is 7.89. The van der Waals surface area contributed by atoms with Crippen molar-refractivity contribution in [3.8, 4) is 6.07 Å². The number of nitrogens with zero attached hydrogens (tertiary/aromatic N) is 1. The molecular weight excluding hydrogens is 350 g/mol. The van der Waals surface area contributed by atoms with E-state index in [4.69, 9.17) is 5.26 Å². The third-order valence-electron chi connectivity index (χ3n) is 3.32. The summed E-state index contributed by atoms with van der Waals surface area (Å²) in [6.07, 6.45) is -3.02. The summed E-state index contributed by atoms with van der Waals surface area (Å²) in [4.78, 5) is 11.9. The van der Waals surface area contributed by atoms with Crippen molar-refractivity contribution in [1.82, 2.24) is 4.72 Å². The molecule has 0 aliphatic heterocycles. The molecular formula is C17H14F2N2O3S. The van der Waals surface area contributed by atoms with Crippen molar-refractivity contribution < 1.29 is 22.0 Å². The third kappa shape index (κ3) is 5.36. The Hall–Kier alpha value is -2.79. The summed E-state index contributed by atoms with van der Waals surface area (Å²) >= 11 is 0. The Morgan fingerprint density at radius 3 is 2.56 bits per heavy atom. The molecule has 0 heterocycles. The number of hydrogen-bond donors (Lipinski definition) is 1. The molecule has 1 amide bonds. The van der Waals surface area contributed by atoms with E-state index in [1.54, 1.807) is 12.1 Å². The van der Waals surface area contributed by atoms with Gasteiger partial charge in [0.1, 0.15) is 0 Å². The zero-order valence-corrected chi connectivity index (χ0v) is 13.8. The second-order valence-corrected chi connectivity index (χ2v) is 7.00. The molecule has 8 heteroatoms. The van der Waals surface area contributed by atoms with E-state index in [-0.39, 0.29) is 28.7 Å². The number of amides is 1. The van der Waals surface area contributed by atoms with E-state index >= 15 is 0 Å². The first-order chi connectivity index (χ1) is 11.8. The zero-order chi connectivity index (χ0) is 18.4. The van der Waals surface area contributed by atoms with Crippen LogP contribution in [0.1, 0.15) is 28.7 Å². The van der Waals surface area contributed by atoms with Crippen LogP contribution >= 0.6 is 0 Å². The average Bonchev–Trinajstić information content (AvgIpc) is 2.54. The topological polar surface area (TPSA) is 87.0 Å².